The molecule has 0 radical (unpaired) electrons. The minimum Gasteiger partial charge on any atom is -0.316 e. The predicted molar refractivity (Wildman–Crippen MR) is 70.1 cm³/mol. The van der Waals surface area contributed by atoms with Crippen molar-refractivity contribution >= 4 is 15.9 Å². The maximum absolute atomic E-state index is 13.2. The number of hydrogen-bond donors (Lipinski definition) is 1. The topological polar surface area (TPSA) is 12.0 Å². The molecule has 1 aromatic rings. The van der Waals surface area contributed by atoms with Gasteiger partial charge in [-0.2, -0.15) is 0 Å². The van der Waals surface area contributed by atoms with E-state index in [1.807, 2.05) is 7.05 Å². The van der Waals surface area contributed by atoms with E-state index in [1.165, 1.54) is 6.07 Å². The average Bonchev–Trinajstić information content (AvgIpc) is 2.17. The van der Waals surface area contributed by atoms with Gasteiger partial charge in [-0.25, -0.2) is 4.39 Å². The van der Waals surface area contributed by atoms with E-state index in [2.05, 4.69) is 42.0 Å². The molecular formula is C13H19BrFN. The van der Waals surface area contributed by atoms with Crippen LogP contribution in [0.2, 0.25) is 0 Å². The molecule has 0 aliphatic heterocycles. The van der Waals surface area contributed by atoms with Gasteiger partial charge in [0.05, 0.1) is 0 Å². The molecule has 1 nitrogen and oxygen atoms in total. The molecule has 0 spiro atoms. The molecule has 1 N–H and O–H groups in total. The number of hydrogen-bond acceptors (Lipinski definition) is 1. The molecule has 0 saturated heterocycles. The monoisotopic (exact) mass is 287 g/mol. The highest BCUT2D eigenvalue weighted by Gasteiger charge is 2.23. The molecule has 3 heteroatoms. The van der Waals surface area contributed by atoms with E-state index < -0.39 is 0 Å². The van der Waals surface area contributed by atoms with Gasteiger partial charge in [0, 0.05) is 10.5 Å². The van der Waals surface area contributed by atoms with Crippen molar-refractivity contribution in [2.75, 3.05) is 7.05 Å². The number of nitrogens with one attached hydrogen (secondary N) is 1. The molecule has 1 rings (SSSR count). The lowest BCUT2D eigenvalue weighted by molar-refractivity contribution is 0.279. The molecular weight excluding hydrogens is 269 g/mol. The summed E-state index contributed by atoms with van der Waals surface area (Å²) >= 11 is 3.46. The normalized spacial score (nSPS) is 13.9. The van der Waals surface area contributed by atoms with Crippen LogP contribution in [0.1, 0.15) is 26.3 Å². The minimum absolute atomic E-state index is 0.153. The minimum atomic E-state index is -0.179. The van der Waals surface area contributed by atoms with Crippen molar-refractivity contribution in [2.45, 2.75) is 33.2 Å². The Balaban J connectivity index is 2.90. The van der Waals surface area contributed by atoms with Gasteiger partial charge >= 0.3 is 0 Å². The highest BCUT2D eigenvalue weighted by atomic mass is 79.9. The number of rotatable bonds is 3. The van der Waals surface area contributed by atoms with Crippen molar-refractivity contribution in [1.82, 2.24) is 5.32 Å². The van der Waals surface area contributed by atoms with Gasteiger partial charge in [-0.15, -0.1) is 0 Å². The van der Waals surface area contributed by atoms with E-state index in [0.717, 1.165) is 16.5 Å². The van der Waals surface area contributed by atoms with Gasteiger partial charge in [0.2, 0.25) is 0 Å². The molecule has 0 aromatic heterocycles. The van der Waals surface area contributed by atoms with Crippen LogP contribution in [0.3, 0.4) is 0 Å². The third-order valence-electron chi connectivity index (χ3n) is 2.83. The lowest BCUT2D eigenvalue weighted by Crippen LogP contribution is -2.39. The van der Waals surface area contributed by atoms with Crippen LogP contribution in [0.5, 0.6) is 0 Å². The van der Waals surface area contributed by atoms with E-state index in [1.54, 1.807) is 12.1 Å². The van der Waals surface area contributed by atoms with Crippen LogP contribution in [-0.4, -0.2) is 13.1 Å². The summed E-state index contributed by atoms with van der Waals surface area (Å²) in [7, 11) is 1.95. The Morgan fingerprint density at radius 1 is 1.38 bits per heavy atom. The summed E-state index contributed by atoms with van der Waals surface area (Å²) in [5.41, 5.74) is 1.16. The largest absolute Gasteiger partial charge is 0.316 e. The molecule has 0 fully saturated rings. The van der Waals surface area contributed by atoms with Crippen molar-refractivity contribution in [3.8, 4) is 0 Å². The zero-order valence-corrected chi connectivity index (χ0v) is 11.9. The summed E-state index contributed by atoms with van der Waals surface area (Å²) in [6.45, 7) is 6.55. The summed E-state index contributed by atoms with van der Waals surface area (Å²) < 4.78 is 14.1. The van der Waals surface area contributed by atoms with E-state index in [0.29, 0.717) is 6.04 Å². The lowest BCUT2D eigenvalue weighted by atomic mass is 9.83. The molecule has 90 valence electrons. The smallest absolute Gasteiger partial charge is 0.123 e. The van der Waals surface area contributed by atoms with Gasteiger partial charge in [0.15, 0.2) is 0 Å². The summed E-state index contributed by atoms with van der Waals surface area (Å²) in [4.78, 5) is 0. The Labute approximate surface area is 106 Å². The van der Waals surface area contributed by atoms with Gasteiger partial charge in [0.1, 0.15) is 5.82 Å². The maximum atomic E-state index is 13.2. The van der Waals surface area contributed by atoms with Gasteiger partial charge in [0.25, 0.3) is 0 Å². The van der Waals surface area contributed by atoms with Crippen LogP contribution in [0.15, 0.2) is 22.7 Å². The predicted octanol–water partition coefficient (Wildman–Crippen LogP) is 3.76. The molecule has 1 aromatic carbocycles. The van der Waals surface area contributed by atoms with Crippen molar-refractivity contribution < 1.29 is 4.39 Å². The van der Waals surface area contributed by atoms with Crippen molar-refractivity contribution in [3.63, 3.8) is 0 Å². The van der Waals surface area contributed by atoms with Crippen LogP contribution in [0, 0.1) is 11.2 Å². The molecule has 1 unspecified atom stereocenters. The van der Waals surface area contributed by atoms with Gasteiger partial charge in [-0.05, 0) is 42.6 Å². The molecule has 0 amide bonds. The molecule has 0 aliphatic rings. The molecule has 0 saturated carbocycles. The summed E-state index contributed by atoms with van der Waals surface area (Å²) in [5.74, 6) is -0.179. The van der Waals surface area contributed by atoms with Crippen molar-refractivity contribution in [2.24, 2.45) is 5.41 Å². The molecule has 0 heterocycles. The average molecular weight is 288 g/mol. The second kappa shape index (κ2) is 5.28. The van der Waals surface area contributed by atoms with Gasteiger partial charge in [-0.3, -0.25) is 0 Å². The highest BCUT2D eigenvalue weighted by Crippen LogP contribution is 2.26. The summed E-state index contributed by atoms with van der Waals surface area (Å²) in [6.07, 6.45) is 0.818. The second-order valence-corrected chi connectivity index (χ2v) is 6.00. The van der Waals surface area contributed by atoms with E-state index >= 15 is 0 Å². The number of likely N-dealkylation sites (N-methyl/N-ethyl adjacent to an activating group) is 1. The molecule has 0 aliphatic carbocycles. The van der Waals surface area contributed by atoms with Crippen molar-refractivity contribution in [1.29, 1.82) is 0 Å². The number of benzene rings is 1. The summed E-state index contributed by atoms with van der Waals surface area (Å²) in [6, 6.07) is 5.16. The fraction of sp³-hybridized carbons (Fsp3) is 0.538. The van der Waals surface area contributed by atoms with Crippen LogP contribution in [0.25, 0.3) is 0 Å². The Kier molecular flexibility index (Phi) is 4.51. The first kappa shape index (κ1) is 13.7. The Morgan fingerprint density at radius 2 is 2.00 bits per heavy atom. The Hall–Kier alpha value is -0.410. The quantitative estimate of drug-likeness (QED) is 0.893. The number of halogens is 2. The molecule has 0 bridgehead atoms. The highest BCUT2D eigenvalue weighted by molar-refractivity contribution is 9.10. The van der Waals surface area contributed by atoms with E-state index in [4.69, 9.17) is 0 Å². The molecule has 16 heavy (non-hydrogen) atoms. The SMILES string of the molecule is CNC(Cc1cc(F)ccc1Br)C(C)(C)C. The van der Waals surface area contributed by atoms with Crippen LogP contribution in [0.4, 0.5) is 4.39 Å². The van der Waals surface area contributed by atoms with Crippen LogP contribution in [-0.2, 0) is 6.42 Å². The fourth-order valence-corrected chi connectivity index (χ4v) is 2.17. The standard InChI is InChI=1S/C13H19BrFN/c1-13(2,3)12(16-4)8-9-7-10(15)5-6-11(9)14/h5-7,12,16H,8H2,1-4H3. The van der Waals surface area contributed by atoms with E-state index in [-0.39, 0.29) is 11.2 Å². The summed E-state index contributed by atoms with van der Waals surface area (Å²) in [5, 5.41) is 3.29. The zero-order chi connectivity index (χ0) is 12.3. The zero-order valence-electron chi connectivity index (χ0n) is 10.3. The van der Waals surface area contributed by atoms with Crippen LogP contribution >= 0.6 is 15.9 Å². The first-order valence-electron chi connectivity index (χ1n) is 5.46. The maximum Gasteiger partial charge on any atom is 0.123 e. The lowest BCUT2D eigenvalue weighted by Gasteiger charge is -2.30. The Morgan fingerprint density at radius 3 is 2.50 bits per heavy atom. The van der Waals surface area contributed by atoms with Crippen LogP contribution < -0.4 is 5.32 Å². The van der Waals surface area contributed by atoms with Gasteiger partial charge < -0.3 is 5.32 Å². The van der Waals surface area contributed by atoms with Gasteiger partial charge in [-0.1, -0.05) is 36.7 Å². The third-order valence-corrected chi connectivity index (χ3v) is 3.60. The second-order valence-electron chi connectivity index (χ2n) is 5.15. The van der Waals surface area contributed by atoms with Crippen molar-refractivity contribution in [3.05, 3.63) is 34.1 Å². The first-order chi connectivity index (χ1) is 7.34. The first-order valence-corrected chi connectivity index (χ1v) is 6.25. The molecule has 1 atom stereocenters. The Bertz CT molecular complexity index is 357. The van der Waals surface area contributed by atoms with E-state index in [9.17, 15) is 4.39 Å². The third kappa shape index (κ3) is 3.56. The fourth-order valence-electron chi connectivity index (χ4n) is 1.76.